The van der Waals surface area contributed by atoms with Crippen LogP contribution in [0.3, 0.4) is 0 Å². The van der Waals surface area contributed by atoms with E-state index in [9.17, 15) is 0 Å². The zero-order valence-corrected chi connectivity index (χ0v) is 11.1. The topological polar surface area (TPSA) is 37.8 Å². The molecule has 3 unspecified atom stereocenters. The summed E-state index contributed by atoms with van der Waals surface area (Å²) in [4.78, 5) is 8.27. The molecular formula is C14H23N3. The van der Waals surface area contributed by atoms with Crippen molar-refractivity contribution in [2.24, 2.45) is 17.8 Å². The summed E-state index contributed by atoms with van der Waals surface area (Å²) in [6.45, 7) is 4.74. The number of nitrogens with one attached hydrogen (secondary N) is 1. The molecule has 0 aliphatic heterocycles. The third-order valence-corrected chi connectivity index (χ3v) is 3.94. The first-order valence-corrected chi connectivity index (χ1v) is 6.63. The summed E-state index contributed by atoms with van der Waals surface area (Å²) in [5, 5.41) is 3.45. The maximum absolute atomic E-state index is 4.14. The Morgan fingerprint density at radius 2 is 1.71 bits per heavy atom. The summed E-state index contributed by atoms with van der Waals surface area (Å²) in [6, 6.07) is 0.404. The van der Waals surface area contributed by atoms with Crippen molar-refractivity contribution < 1.29 is 0 Å². The van der Waals surface area contributed by atoms with E-state index >= 15 is 0 Å². The van der Waals surface area contributed by atoms with Crippen molar-refractivity contribution in [3.05, 3.63) is 24.3 Å². The second kappa shape index (κ2) is 5.58. The molecule has 94 valence electrons. The van der Waals surface area contributed by atoms with Crippen LogP contribution in [0.2, 0.25) is 0 Å². The van der Waals surface area contributed by atoms with E-state index in [1.807, 2.05) is 19.4 Å². The van der Waals surface area contributed by atoms with Crippen LogP contribution in [0.4, 0.5) is 0 Å². The molecule has 0 aromatic carbocycles. The maximum Gasteiger partial charge on any atom is 0.115 e. The van der Waals surface area contributed by atoms with Crippen molar-refractivity contribution in [1.82, 2.24) is 15.3 Å². The van der Waals surface area contributed by atoms with Gasteiger partial charge in [-0.2, -0.15) is 0 Å². The standard InChI is InChI=1S/C14H23N3/c1-10-4-11(2)6-12(5-10)14(15-3)13-7-16-9-17-8-13/h7-12,14-15H,4-6H2,1-3H3. The molecule has 2 rings (SSSR count). The van der Waals surface area contributed by atoms with Gasteiger partial charge in [0.2, 0.25) is 0 Å². The van der Waals surface area contributed by atoms with E-state index in [4.69, 9.17) is 0 Å². The highest BCUT2D eigenvalue weighted by atomic mass is 14.9. The predicted molar refractivity (Wildman–Crippen MR) is 69.5 cm³/mol. The van der Waals surface area contributed by atoms with Gasteiger partial charge in [0.25, 0.3) is 0 Å². The first-order chi connectivity index (χ1) is 8.20. The van der Waals surface area contributed by atoms with Gasteiger partial charge in [0.05, 0.1) is 0 Å². The zero-order valence-electron chi connectivity index (χ0n) is 11.1. The highest BCUT2D eigenvalue weighted by molar-refractivity contribution is 5.11. The lowest BCUT2D eigenvalue weighted by Crippen LogP contribution is -2.31. The largest absolute Gasteiger partial charge is 0.313 e. The summed E-state index contributed by atoms with van der Waals surface area (Å²) in [7, 11) is 2.04. The second-order valence-corrected chi connectivity index (χ2v) is 5.62. The Balaban J connectivity index is 2.13. The summed E-state index contributed by atoms with van der Waals surface area (Å²) in [5.41, 5.74) is 1.22. The first-order valence-electron chi connectivity index (χ1n) is 6.63. The molecule has 1 aromatic rings. The van der Waals surface area contributed by atoms with E-state index < -0.39 is 0 Å². The van der Waals surface area contributed by atoms with Gasteiger partial charge >= 0.3 is 0 Å². The number of hydrogen-bond donors (Lipinski definition) is 1. The lowest BCUT2D eigenvalue weighted by atomic mass is 9.73. The highest BCUT2D eigenvalue weighted by Gasteiger charge is 2.30. The van der Waals surface area contributed by atoms with E-state index in [1.165, 1.54) is 24.8 Å². The third-order valence-electron chi connectivity index (χ3n) is 3.94. The van der Waals surface area contributed by atoms with Crippen LogP contribution in [0.15, 0.2) is 18.7 Å². The molecule has 1 aliphatic carbocycles. The molecule has 3 nitrogen and oxygen atoms in total. The van der Waals surface area contributed by atoms with Gasteiger partial charge in [-0.25, -0.2) is 9.97 Å². The van der Waals surface area contributed by atoms with Crippen molar-refractivity contribution in [3.63, 3.8) is 0 Å². The number of nitrogens with zero attached hydrogens (tertiary/aromatic N) is 2. The lowest BCUT2D eigenvalue weighted by Gasteiger charge is -2.36. The Morgan fingerprint density at radius 3 is 2.24 bits per heavy atom. The highest BCUT2D eigenvalue weighted by Crippen LogP contribution is 2.39. The SMILES string of the molecule is CNC(c1cncnc1)C1CC(C)CC(C)C1. The Kier molecular flexibility index (Phi) is 4.11. The van der Waals surface area contributed by atoms with Gasteiger partial charge in [0.1, 0.15) is 6.33 Å². The van der Waals surface area contributed by atoms with Crippen LogP contribution in [-0.2, 0) is 0 Å². The Labute approximate surface area is 104 Å². The summed E-state index contributed by atoms with van der Waals surface area (Å²) in [5.74, 6) is 2.39. The molecule has 1 saturated carbocycles. The van der Waals surface area contributed by atoms with Gasteiger partial charge in [-0.05, 0) is 44.1 Å². The Bertz CT molecular complexity index is 329. The molecule has 3 heteroatoms. The van der Waals surface area contributed by atoms with Gasteiger partial charge < -0.3 is 5.32 Å². The third kappa shape index (κ3) is 3.03. The van der Waals surface area contributed by atoms with Gasteiger partial charge in [-0.15, -0.1) is 0 Å². The minimum atomic E-state index is 0.404. The van der Waals surface area contributed by atoms with Crippen LogP contribution >= 0.6 is 0 Å². The molecule has 0 spiro atoms. The summed E-state index contributed by atoms with van der Waals surface area (Å²) < 4.78 is 0. The van der Waals surface area contributed by atoms with Gasteiger partial charge in [-0.3, -0.25) is 0 Å². The molecule has 0 amide bonds. The molecule has 1 aliphatic rings. The predicted octanol–water partition coefficient (Wildman–Crippen LogP) is 2.81. The smallest absolute Gasteiger partial charge is 0.115 e. The van der Waals surface area contributed by atoms with E-state index in [0.717, 1.165) is 11.8 Å². The van der Waals surface area contributed by atoms with Crippen LogP contribution < -0.4 is 5.32 Å². The van der Waals surface area contributed by atoms with Crippen molar-refractivity contribution in [2.45, 2.75) is 39.2 Å². The fourth-order valence-corrected chi connectivity index (χ4v) is 3.43. The number of rotatable bonds is 3. The average Bonchev–Trinajstić information content (AvgIpc) is 2.30. The molecule has 17 heavy (non-hydrogen) atoms. The van der Waals surface area contributed by atoms with Gasteiger partial charge in [-0.1, -0.05) is 13.8 Å². The fraction of sp³-hybridized carbons (Fsp3) is 0.714. The second-order valence-electron chi connectivity index (χ2n) is 5.62. The Hall–Kier alpha value is -0.960. The molecule has 3 atom stereocenters. The molecule has 1 aromatic heterocycles. The van der Waals surface area contributed by atoms with Gasteiger partial charge in [0.15, 0.2) is 0 Å². The van der Waals surface area contributed by atoms with E-state index in [2.05, 4.69) is 29.1 Å². The van der Waals surface area contributed by atoms with E-state index in [1.54, 1.807) is 6.33 Å². The quantitative estimate of drug-likeness (QED) is 0.872. The molecular weight excluding hydrogens is 210 g/mol. The first kappa shape index (κ1) is 12.5. The van der Waals surface area contributed by atoms with Crippen molar-refractivity contribution >= 4 is 0 Å². The normalized spacial score (nSPS) is 31.1. The molecule has 0 bridgehead atoms. The minimum absolute atomic E-state index is 0.404. The minimum Gasteiger partial charge on any atom is -0.313 e. The van der Waals surface area contributed by atoms with Crippen LogP contribution in [0.5, 0.6) is 0 Å². The molecule has 0 radical (unpaired) electrons. The fourth-order valence-electron chi connectivity index (χ4n) is 3.43. The number of hydrogen-bond acceptors (Lipinski definition) is 3. The van der Waals surface area contributed by atoms with Crippen LogP contribution in [-0.4, -0.2) is 17.0 Å². The molecule has 0 saturated heterocycles. The van der Waals surface area contributed by atoms with Crippen molar-refractivity contribution in [3.8, 4) is 0 Å². The van der Waals surface area contributed by atoms with Crippen LogP contribution in [0.1, 0.15) is 44.7 Å². The summed E-state index contributed by atoms with van der Waals surface area (Å²) in [6.07, 6.45) is 9.48. The Morgan fingerprint density at radius 1 is 1.12 bits per heavy atom. The van der Waals surface area contributed by atoms with Crippen molar-refractivity contribution in [1.29, 1.82) is 0 Å². The zero-order chi connectivity index (χ0) is 12.3. The summed E-state index contributed by atoms with van der Waals surface area (Å²) >= 11 is 0. The van der Waals surface area contributed by atoms with Gasteiger partial charge in [0, 0.05) is 24.0 Å². The van der Waals surface area contributed by atoms with Crippen molar-refractivity contribution in [2.75, 3.05) is 7.05 Å². The number of aromatic nitrogens is 2. The van der Waals surface area contributed by atoms with E-state index in [0.29, 0.717) is 12.0 Å². The molecule has 1 heterocycles. The van der Waals surface area contributed by atoms with Crippen LogP contribution in [0.25, 0.3) is 0 Å². The molecule has 1 N–H and O–H groups in total. The van der Waals surface area contributed by atoms with Crippen LogP contribution in [0, 0.1) is 17.8 Å². The monoisotopic (exact) mass is 233 g/mol. The molecule has 1 fully saturated rings. The lowest BCUT2D eigenvalue weighted by molar-refractivity contribution is 0.180. The average molecular weight is 233 g/mol. The van der Waals surface area contributed by atoms with E-state index in [-0.39, 0.29) is 0 Å². The maximum atomic E-state index is 4.14.